The maximum Gasteiger partial charge on any atom is 0.230 e. The zero-order valence-corrected chi connectivity index (χ0v) is 11.5. The molecule has 0 saturated carbocycles. The smallest absolute Gasteiger partial charge is 0.230 e. The van der Waals surface area contributed by atoms with Crippen LogP contribution in [0.4, 0.5) is 4.39 Å². The van der Waals surface area contributed by atoms with Crippen LogP contribution in [0.25, 0.3) is 0 Å². The van der Waals surface area contributed by atoms with Crippen LogP contribution < -0.4 is 10.6 Å². The molecule has 0 spiro atoms. The first-order chi connectivity index (χ1) is 9.01. The molecule has 19 heavy (non-hydrogen) atoms. The number of nitrogens with one attached hydrogen (secondary N) is 2. The van der Waals surface area contributed by atoms with Crippen molar-refractivity contribution in [3.8, 4) is 0 Å². The third-order valence-electron chi connectivity index (χ3n) is 3.79. The van der Waals surface area contributed by atoms with Gasteiger partial charge in [0.2, 0.25) is 5.91 Å². The number of carbonyl (C=O) groups excluding carboxylic acids is 1. The molecule has 0 atom stereocenters. The lowest BCUT2D eigenvalue weighted by atomic mass is 9.83. The maximum absolute atomic E-state index is 13.8. The fourth-order valence-corrected chi connectivity index (χ4v) is 2.42. The molecule has 2 N–H and O–H groups in total. The molecule has 104 valence electrons. The highest BCUT2D eigenvalue weighted by atomic mass is 19.1. The quantitative estimate of drug-likeness (QED) is 0.876. The Bertz CT molecular complexity index is 453. The van der Waals surface area contributed by atoms with Gasteiger partial charge in [0.25, 0.3) is 0 Å². The molecule has 1 aromatic carbocycles. The molecular formula is C15H21FN2O. The van der Waals surface area contributed by atoms with Crippen LogP contribution in [0.5, 0.6) is 0 Å². The fourth-order valence-electron chi connectivity index (χ4n) is 2.42. The largest absolute Gasteiger partial charge is 0.353 e. The Morgan fingerprint density at radius 2 is 1.95 bits per heavy atom. The lowest BCUT2D eigenvalue weighted by Gasteiger charge is -2.30. The Balaban J connectivity index is 2.10. The van der Waals surface area contributed by atoms with Crippen molar-refractivity contribution in [3.05, 3.63) is 35.6 Å². The van der Waals surface area contributed by atoms with Gasteiger partial charge in [0.05, 0.1) is 5.41 Å². The van der Waals surface area contributed by atoms with E-state index in [1.165, 1.54) is 6.07 Å². The van der Waals surface area contributed by atoms with E-state index in [0.717, 1.165) is 25.9 Å². The third kappa shape index (κ3) is 3.13. The van der Waals surface area contributed by atoms with E-state index in [2.05, 4.69) is 10.6 Å². The van der Waals surface area contributed by atoms with Crippen molar-refractivity contribution < 1.29 is 9.18 Å². The van der Waals surface area contributed by atoms with Gasteiger partial charge < -0.3 is 10.6 Å². The van der Waals surface area contributed by atoms with E-state index in [4.69, 9.17) is 0 Å². The van der Waals surface area contributed by atoms with Crippen LogP contribution >= 0.6 is 0 Å². The average molecular weight is 264 g/mol. The van der Waals surface area contributed by atoms with E-state index in [1.807, 2.05) is 0 Å². The predicted molar refractivity (Wildman–Crippen MR) is 73.5 cm³/mol. The molecule has 4 heteroatoms. The van der Waals surface area contributed by atoms with Crippen LogP contribution in [-0.2, 0) is 10.2 Å². The molecule has 0 aromatic heterocycles. The molecule has 0 radical (unpaired) electrons. The summed E-state index contributed by atoms with van der Waals surface area (Å²) >= 11 is 0. The highest BCUT2D eigenvalue weighted by Crippen LogP contribution is 2.26. The molecule has 0 unspecified atom stereocenters. The van der Waals surface area contributed by atoms with Crippen molar-refractivity contribution in [2.45, 2.75) is 38.1 Å². The van der Waals surface area contributed by atoms with Gasteiger partial charge in [0.1, 0.15) is 5.82 Å². The first kappa shape index (κ1) is 14.0. The van der Waals surface area contributed by atoms with Gasteiger partial charge in [0.15, 0.2) is 0 Å². The second-order valence-corrected chi connectivity index (χ2v) is 5.60. The Morgan fingerprint density at radius 1 is 1.32 bits per heavy atom. The summed E-state index contributed by atoms with van der Waals surface area (Å²) in [7, 11) is 0. The summed E-state index contributed by atoms with van der Waals surface area (Å²) in [4.78, 5) is 12.4. The lowest BCUT2D eigenvalue weighted by molar-refractivity contribution is -0.126. The van der Waals surface area contributed by atoms with Crippen molar-refractivity contribution in [1.29, 1.82) is 0 Å². The first-order valence-corrected chi connectivity index (χ1v) is 6.78. The molecule has 1 amide bonds. The molecule has 0 aliphatic carbocycles. The molecule has 1 aromatic rings. The molecule has 2 rings (SSSR count). The van der Waals surface area contributed by atoms with Gasteiger partial charge in [-0.15, -0.1) is 0 Å². The van der Waals surface area contributed by atoms with Crippen LogP contribution in [0.15, 0.2) is 24.3 Å². The standard InChI is InChI=1S/C15H21FN2O/c1-15(2,12-5-3-4-6-13(12)16)14(19)18-11-7-9-17-10-8-11/h3-6,11,17H,7-10H2,1-2H3,(H,18,19). The molecule has 1 aliphatic heterocycles. The van der Waals surface area contributed by atoms with Gasteiger partial charge in [-0.05, 0) is 45.8 Å². The number of amides is 1. The lowest BCUT2D eigenvalue weighted by Crippen LogP contribution is -2.49. The summed E-state index contributed by atoms with van der Waals surface area (Å²) < 4.78 is 13.8. The highest BCUT2D eigenvalue weighted by Gasteiger charge is 2.33. The number of carbonyl (C=O) groups is 1. The SMILES string of the molecule is CC(C)(C(=O)NC1CCNCC1)c1ccccc1F. The van der Waals surface area contributed by atoms with Gasteiger partial charge in [-0.25, -0.2) is 4.39 Å². The predicted octanol–water partition coefficient (Wildman–Crippen LogP) is 1.97. The monoisotopic (exact) mass is 264 g/mol. The van der Waals surface area contributed by atoms with Crippen LogP contribution in [0.2, 0.25) is 0 Å². The fraction of sp³-hybridized carbons (Fsp3) is 0.533. The molecule has 3 nitrogen and oxygen atoms in total. The van der Waals surface area contributed by atoms with E-state index in [-0.39, 0.29) is 17.8 Å². The molecule has 0 bridgehead atoms. The van der Waals surface area contributed by atoms with Crippen molar-refractivity contribution >= 4 is 5.91 Å². The highest BCUT2D eigenvalue weighted by molar-refractivity contribution is 5.87. The summed E-state index contributed by atoms with van der Waals surface area (Å²) in [6, 6.07) is 6.67. The van der Waals surface area contributed by atoms with E-state index >= 15 is 0 Å². The van der Waals surface area contributed by atoms with Gasteiger partial charge >= 0.3 is 0 Å². The number of piperidine rings is 1. The van der Waals surface area contributed by atoms with E-state index in [9.17, 15) is 9.18 Å². The van der Waals surface area contributed by atoms with E-state index in [0.29, 0.717) is 5.56 Å². The van der Waals surface area contributed by atoms with E-state index < -0.39 is 5.41 Å². The first-order valence-electron chi connectivity index (χ1n) is 6.78. The van der Waals surface area contributed by atoms with Crippen molar-refractivity contribution in [2.75, 3.05) is 13.1 Å². The second-order valence-electron chi connectivity index (χ2n) is 5.60. The number of hydrogen-bond donors (Lipinski definition) is 2. The normalized spacial score (nSPS) is 17.2. The van der Waals surface area contributed by atoms with Gasteiger partial charge in [-0.3, -0.25) is 4.79 Å². The summed E-state index contributed by atoms with van der Waals surface area (Å²) in [5.74, 6) is -0.433. The zero-order valence-electron chi connectivity index (χ0n) is 11.5. The minimum Gasteiger partial charge on any atom is -0.353 e. The van der Waals surface area contributed by atoms with Gasteiger partial charge in [-0.1, -0.05) is 18.2 Å². The van der Waals surface area contributed by atoms with Crippen LogP contribution in [0.3, 0.4) is 0 Å². The summed E-state index contributed by atoms with van der Waals surface area (Å²) in [6.45, 7) is 5.37. The molecule has 1 aliphatic rings. The molecule has 1 fully saturated rings. The number of halogens is 1. The topological polar surface area (TPSA) is 41.1 Å². The van der Waals surface area contributed by atoms with Crippen molar-refractivity contribution in [1.82, 2.24) is 10.6 Å². The Morgan fingerprint density at radius 3 is 2.58 bits per heavy atom. The Kier molecular flexibility index (Phi) is 4.20. The van der Waals surface area contributed by atoms with Gasteiger partial charge in [-0.2, -0.15) is 0 Å². The molecular weight excluding hydrogens is 243 g/mol. The van der Waals surface area contributed by atoms with Crippen LogP contribution in [0.1, 0.15) is 32.3 Å². The minimum atomic E-state index is -0.851. The Labute approximate surface area is 113 Å². The summed E-state index contributed by atoms with van der Waals surface area (Å²) in [6.07, 6.45) is 1.86. The third-order valence-corrected chi connectivity index (χ3v) is 3.79. The minimum absolute atomic E-state index is 0.107. The number of hydrogen-bond acceptors (Lipinski definition) is 2. The Hall–Kier alpha value is -1.42. The molecule has 1 heterocycles. The maximum atomic E-state index is 13.8. The summed E-state index contributed by atoms with van der Waals surface area (Å²) in [5, 5.41) is 6.30. The average Bonchev–Trinajstić information content (AvgIpc) is 2.40. The number of rotatable bonds is 3. The molecule has 1 saturated heterocycles. The zero-order chi connectivity index (χ0) is 13.9. The van der Waals surface area contributed by atoms with Crippen LogP contribution in [0, 0.1) is 5.82 Å². The second kappa shape index (κ2) is 5.70. The van der Waals surface area contributed by atoms with Crippen molar-refractivity contribution in [3.63, 3.8) is 0 Å². The summed E-state index contributed by atoms with van der Waals surface area (Å²) in [5.41, 5.74) is -0.405. The number of benzene rings is 1. The van der Waals surface area contributed by atoms with E-state index in [1.54, 1.807) is 32.0 Å². The van der Waals surface area contributed by atoms with Crippen molar-refractivity contribution in [2.24, 2.45) is 0 Å². The van der Waals surface area contributed by atoms with Gasteiger partial charge in [0, 0.05) is 11.6 Å². The van der Waals surface area contributed by atoms with Crippen LogP contribution in [-0.4, -0.2) is 25.0 Å².